The molecule has 1 aromatic carbocycles. The third-order valence-electron chi connectivity index (χ3n) is 2.72. The van der Waals surface area contributed by atoms with Gasteiger partial charge in [0.2, 0.25) is 0 Å². The van der Waals surface area contributed by atoms with Crippen LogP contribution in [0.4, 0.5) is 14.6 Å². The summed E-state index contributed by atoms with van der Waals surface area (Å²) in [5, 5.41) is 0. The van der Waals surface area contributed by atoms with Crippen LogP contribution in [0.5, 0.6) is 0 Å². The Morgan fingerprint density at radius 1 is 1.21 bits per heavy atom. The van der Waals surface area contributed by atoms with Crippen molar-refractivity contribution in [3.63, 3.8) is 0 Å². The van der Waals surface area contributed by atoms with E-state index in [4.69, 9.17) is 11.6 Å². The van der Waals surface area contributed by atoms with E-state index in [0.717, 1.165) is 6.07 Å². The number of pyridine rings is 1. The molecule has 0 aliphatic rings. The van der Waals surface area contributed by atoms with Crippen molar-refractivity contribution >= 4 is 21.7 Å². The van der Waals surface area contributed by atoms with Gasteiger partial charge >= 0.3 is 0 Å². The van der Waals surface area contributed by atoms with Crippen LogP contribution in [-0.4, -0.2) is 4.98 Å². The maximum absolute atomic E-state index is 13.6. The van der Waals surface area contributed by atoms with Crippen LogP contribution in [0.3, 0.4) is 0 Å². The Kier molecular flexibility index (Phi) is 4.08. The number of nitrogens with one attached hydrogen (secondary N) is 1. The number of rotatable bonds is 3. The zero-order valence-electron chi connectivity index (χ0n) is 9.70. The van der Waals surface area contributed by atoms with Crippen molar-refractivity contribution in [2.24, 2.45) is 5.84 Å². The molecule has 5 N–H and O–H groups in total. The lowest BCUT2D eigenvalue weighted by atomic mass is 9.99. The summed E-state index contributed by atoms with van der Waals surface area (Å²) >= 11 is 3.02. The van der Waals surface area contributed by atoms with Crippen LogP contribution >= 0.6 is 15.9 Å². The Labute approximate surface area is 116 Å². The van der Waals surface area contributed by atoms with Crippen LogP contribution in [0.1, 0.15) is 17.2 Å². The number of benzene rings is 1. The Morgan fingerprint density at radius 2 is 1.95 bits per heavy atom. The topological polar surface area (TPSA) is 77.0 Å². The van der Waals surface area contributed by atoms with Crippen molar-refractivity contribution in [3.05, 3.63) is 57.7 Å². The average molecular weight is 329 g/mol. The summed E-state index contributed by atoms with van der Waals surface area (Å²) in [6, 6.07) is 5.26. The number of anilines is 1. The van der Waals surface area contributed by atoms with Gasteiger partial charge in [0.15, 0.2) is 11.6 Å². The van der Waals surface area contributed by atoms with Gasteiger partial charge in [-0.3, -0.25) is 5.84 Å². The second kappa shape index (κ2) is 5.60. The summed E-state index contributed by atoms with van der Waals surface area (Å²) in [5.74, 6) is 3.85. The zero-order chi connectivity index (χ0) is 14.0. The Balaban J connectivity index is 2.55. The molecule has 1 atom stereocenters. The van der Waals surface area contributed by atoms with Gasteiger partial charge in [0.1, 0.15) is 5.82 Å². The molecular weight excluding hydrogens is 318 g/mol. The number of aromatic nitrogens is 1. The monoisotopic (exact) mass is 328 g/mol. The maximum atomic E-state index is 13.6. The van der Waals surface area contributed by atoms with E-state index in [-0.39, 0.29) is 10.3 Å². The normalized spacial score (nSPS) is 12.4. The fourth-order valence-corrected chi connectivity index (χ4v) is 2.34. The minimum atomic E-state index is -0.972. The SMILES string of the molecule is NNC(c1cccnc1N)c1ccc(F)c(F)c1Br. The van der Waals surface area contributed by atoms with E-state index in [2.05, 4.69) is 26.3 Å². The fourth-order valence-electron chi connectivity index (χ4n) is 1.78. The van der Waals surface area contributed by atoms with Crippen molar-refractivity contribution < 1.29 is 8.78 Å². The molecule has 1 aromatic heterocycles. The highest BCUT2D eigenvalue weighted by atomic mass is 79.9. The molecule has 7 heteroatoms. The van der Waals surface area contributed by atoms with Crippen LogP contribution in [0.2, 0.25) is 0 Å². The van der Waals surface area contributed by atoms with Gasteiger partial charge < -0.3 is 5.73 Å². The second-order valence-electron chi connectivity index (χ2n) is 3.84. The van der Waals surface area contributed by atoms with E-state index in [9.17, 15) is 8.78 Å². The second-order valence-corrected chi connectivity index (χ2v) is 4.64. The Bertz CT molecular complexity index is 606. The molecule has 0 aliphatic carbocycles. The summed E-state index contributed by atoms with van der Waals surface area (Å²) in [4.78, 5) is 3.94. The summed E-state index contributed by atoms with van der Waals surface area (Å²) in [6.45, 7) is 0. The van der Waals surface area contributed by atoms with E-state index in [0.29, 0.717) is 11.1 Å². The van der Waals surface area contributed by atoms with Crippen LogP contribution in [0, 0.1) is 11.6 Å². The molecule has 1 heterocycles. The van der Waals surface area contributed by atoms with E-state index < -0.39 is 17.7 Å². The van der Waals surface area contributed by atoms with E-state index in [1.807, 2.05) is 0 Å². The third-order valence-corrected chi connectivity index (χ3v) is 3.53. The lowest BCUT2D eigenvalue weighted by Gasteiger charge is -2.19. The van der Waals surface area contributed by atoms with Gasteiger partial charge in [-0.25, -0.2) is 19.2 Å². The Morgan fingerprint density at radius 3 is 2.58 bits per heavy atom. The van der Waals surface area contributed by atoms with E-state index >= 15 is 0 Å². The van der Waals surface area contributed by atoms with Gasteiger partial charge in [0.05, 0.1) is 10.5 Å². The van der Waals surface area contributed by atoms with Crippen molar-refractivity contribution in [2.45, 2.75) is 6.04 Å². The molecular formula is C12H11BrF2N4. The molecule has 2 rings (SSSR count). The highest BCUT2D eigenvalue weighted by molar-refractivity contribution is 9.10. The molecule has 100 valence electrons. The van der Waals surface area contributed by atoms with Gasteiger partial charge in [-0.15, -0.1) is 0 Å². The third kappa shape index (κ3) is 2.58. The summed E-state index contributed by atoms with van der Waals surface area (Å²) in [6.07, 6.45) is 1.53. The number of nitrogens with zero attached hydrogens (tertiary/aromatic N) is 1. The molecule has 2 aromatic rings. The number of hydrazine groups is 1. The standard InChI is InChI=1S/C12H11BrF2N4/c13-9-6(3-4-8(14)10(9)15)11(19-17)7-2-1-5-18-12(7)16/h1-5,11,19H,17H2,(H2,16,18). The van der Waals surface area contributed by atoms with Gasteiger partial charge in [-0.2, -0.15) is 0 Å². The predicted molar refractivity (Wildman–Crippen MR) is 71.9 cm³/mol. The first-order chi connectivity index (χ1) is 9.06. The molecule has 0 radical (unpaired) electrons. The van der Waals surface area contributed by atoms with Gasteiger partial charge in [-0.05, 0) is 33.6 Å². The summed E-state index contributed by atoms with van der Waals surface area (Å²) in [7, 11) is 0. The maximum Gasteiger partial charge on any atom is 0.173 e. The number of hydrogen-bond acceptors (Lipinski definition) is 4. The smallest absolute Gasteiger partial charge is 0.173 e. The van der Waals surface area contributed by atoms with Gasteiger partial charge in [0, 0.05) is 11.8 Å². The van der Waals surface area contributed by atoms with Crippen LogP contribution < -0.4 is 17.0 Å². The Hall–Kier alpha value is -1.57. The van der Waals surface area contributed by atoms with Gasteiger partial charge in [-0.1, -0.05) is 12.1 Å². The number of nitrogens with two attached hydrogens (primary N) is 2. The average Bonchev–Trinajstić information content (AvgIpc) is 2.41. The lowest BCUT2D eigenvalue weighted by Crippen LogP contribution is -2.30. The van der Waals surface area contributed by atoms with Crippen LogP contribution in [0.25, 0.3) is 0 Å². The minimum absolute atomic E-state index is 0.00120. The molecule has 0 spiro atoms. The largest absolute Gasteiger partial charge is 0.383 e. The lowest BCUT2D eigenvalue weighted by molar-refractivity contribution is 0.498. The summed E-state index contributed by atoms with van der Waals surface area (Å²) < 4.78 is 26.7. The molecule has 0 fully saturated rings. The summed E-state index contributed by atoms with van der Waals surface area (Å²) in [5.41, 5.74) is 9.30. The van der Waals surface area contributed by atoms with Crippen molar-refractivity contribution in [3.8, 4) is 0 Å². The van der Waals surface area contributed by atoms with Crippen molar-refractivity contribution in [2.75, 3.05) is 5.73 Å². The van der Waals surface area contributed by atoms with Crippen LogP contribution in [-0.2, 0) is 0 Å². The highest BCUT2D eigenvalue weighted by Crippen LogP contribution is 2.32. The van der Waals surface area contributed by atoms with E-state index in [1.165, 1.54) is 12.3 Å². The molecule has 1 unspecified atom stereocenters. The van der Waals surface area contributed by atoms with Crippen molar-refractivity contribution in [1.82, 2.24) is 10.4 Å². The van der Waals surface area contributed by atoms with E-state index in [1.54, 1.807) is 12.1 Å². The van der Waals surface area contributed by atoms with Gasteiger partial charge in [0.25, 0.3) is 0 Å². The minimum Gasteiger partial charge on any atom is -0.383 e. The van der Waals surface area contributed by atoms with Crippen molar-refractivity contribution in [1.29, 1.82) is 0 Å². The number of halogens is 3. The first-order valence-electron chi connectivity index (χ1n) is 5.36. The molecule has 4 nitrogen and oxygen atoms in total. The number of hydrogen-bond donors (Lipinski definition) is 3. The molecule has 0 bridgehead atoms. The molecule has 0 aliphatic heterocycles. The first kappa shape index (κ1) is 13.9. The molecule has 0 saturated heterocycles. The first-order valence-corrected chi connectivity index (χ1v) is 6.15. The highest BCUT2D eigenvalue weighted by Gasteiger charge is 2.21. The predicted octanol–water partition coefficient (Wildman–Crippen LogP) is 2.26. The zero-order valence-corrected chi connectivity index (χ0v) is 11.3. The molecule has 0 saturated carbocycles. The number of nitrogen functional groups attached to an aromatic ring is 1. The van der Waals surface area contributed by atoms with Crippen LogP contribution in [0.15, 0.2) is 34.9 Å². The molecule has 0 amide bonds. The quantitative estimate of drug-likeness (QED) is 0.459. The fraction of sp³-hybridized carbons (Fsp3) is 0.0833. The molecule has 19 heavy (non-hydrogen) atoms.